The summed E-state index contributed by atoms with van der Waals surface area (Å²) >= 11 is 4.58. The van der Waals surface area contributed by atoms with E-state index >= 15 is 0 Å². The van der Waals surface area contributed by atoms with Crippen molar-refractivity contribution in [2.45, 2.75) is 6.04 Å². The second-order valence-electron chi connectivity index (χ2n) is 5.73. The number of carbonyl (C=O) groups excluding carboxylic acids is 2. The lowest BCUT2D eigenvalue weighted by molar-refractivity contribution is -0.120. The first kappa shape index (κ1) is 19.2. The summed E-state index contributed by atoms with van der Waals surface area (Å²) in [7, 11) is 1.81. The number of carbonyl (C=O) groups is 2. The Balaban J connectivity index is 1.70. The lowest BCUT2D eigenvalue weighted by atomic mass is 10.1. The molecule has 3 rings (SSSR count). The first-order chi connectivity index (χ1) is 12.9. The molecule has 0 radical (unpaired) electrons. The Hall–Kier alpha value is -2.52. The van der Waals surface area contributed by atoms with Crippen LogP contribution in [0, 0.1) is 5.82 Å². The van der Waals surface area contributed by atoms with Crippen molar-refractivity contribution >= 4 is 39.1 Å². The molecule has 0 aliphatic carbocycles. The van der Waals surface area contributed by atoms with Crippen LogP contribution in [0.4, 0.5) is 4.39 Å². The molecule has 2 heterocycles. The first-order valence-electron chi connectivity index (χ1n) is 7.99. The highest BCUT2D eigenvalue weighted by molar-refractivity contribution is 9.11. The number of amides is 2. The highest BCUT2D eigenvalue weighted by atomic mass is 79.9. The molecule has 140 valence electrons. The third kappa shape index (κ3) is 4.81. The molecule has 1 unspecified atom stereocenters. The highest BCUT2D eigenvalue weighted by Gasteiger charge is 2.21. The zero-order valence-electron chi connectivity index (χ0n) is 14.3. The number of hydrogen-bond acceptors (Lipinski definition) is 4. The van der Waals surface area contributed by atoms with Crippen molar-refractivity contribution in [3.8, 4) is 0 Å². The largest absolute Gasteiger partial charge is 0.342 e. The van der Waals surface area contributed by atoms with Gasteiger partial charge in [0.05, 0.1) is 15.2 Å². The fourth-order valence-corrected chi connectivity index (χ4v) is 3.81. The molecule has 2 amide bonds. The van der Waals surface area contributed by atoms with E-state index in [1.54, 1.807) is 48.3 Å². The van der Waals surface area contributed by atoms with Gasteiger partial charge in [-0.25, -0.2) is 9.37 Å². The lowest BCUT2D eigenvalue weighted by Crippen LogP contribution is -2.39. The molecule has 0 spiro atoms. The van der Waals surface area contributed by atoms with Gasteiger partial charge < -0.3 is 15.2 Å². The van der Waals surface area contributed by atoms with Crippen LogP contribution < -0.4 is 10.6 Å². The van der Waals surface area contributed by atoms with Crippen molar-refractivity contribution < 1.29 is 14.0 Å². The standard InChI is InChI=1S/C18H16BrFN4O2S/c1-24-9-8-21-17(24)16(11-2-4-12(20)5-3-11)23-15(25)10-22-18(26)13-6-7-14(19)27-13/h2-9,16H,10H2,1H3,(H,22,26)(H,23,25). The molecular formula is C18H16BrFN4O2S. The van der Waals surface area contributed by atoms with Gasteiger partial charge in [-0.1, -0.05) is 12.1 Å². The summed E-state index contributed by atoms with van der Waals surface area (Å²) in [5.41, 5.74) is 0.688. The second-order valence-corrected chi connectivity index (χ2v) is 8.20. The van der Waals surface area contributed by atoms with Gasteiger partial charge >= 0.3 is 0 Å². The van der Waals surface area contributed by atoms with Gasteiger partial charge in [0.2, 0.25) is 5.91 Å². The van der Waals surface area contributed by atoms with Crippen LogP contribution in [-0.2, 0) is 11.8 Å². The van der Waals surface area contributed by atoms with Gasteiger partial charge in [-0.3, -0.25) is 9.59 Å². The molecule has 0 saturated heterocycles. The molecule has 0 aliphatic rings. The van der Waals surface area contributed by atoms with Gasteiger partial charge in [-0.05, 0) is 45.8 Å². The van der Waals surface area contributed by atoms with E-state index in [-0.39, 0.29) is 24.2 Å². The maximum Gasteiger partial charge on any atom is 0.261 e. The maximum absolute atomic E-state index is 13.2. The Morgan fingerprint density at radius 1 is 1.26 bits per heavy atom. The number of halogens is 2. The van der Waals surface area contributed by atoms with E-state index in [9.17, 15) is 14.0 Å². The van der Waals surface area contributed by atoms with Crippen molar-refractivity contribution in [1.29, 1.82) is 0 Å². The van der Waals surface area contributed by atoms with E-state index in [0.717, 1.165) is 3.79 Å². The monoisotopic (exact) mass is 450 g/mol. The lowest BCUT2D eigenvalue weighted by Gasteiger charge is -2.19. The Kier molecular flexibility index (Phi) is 6.02. The van der Waals surface area contributed by atoms with Crippen LogP contribution in [0.3, 0.4) is 0 Å². The van der Waals surface area contributed by atoms with E-state index in [4.69, 9.17) is 0 Å². The number of thiophene rings is 1. The van der Waals surface area contributed by atoms with Gasteiger partial charge in [0, 0.05) is 19.4 Å². The van der Waals surface area contributed by atoms with E-state index in [2.05, 4.69) is 31.5 Å². The van der Waals surface area contributed by atoms with Crippen LogP contribution >= 0.6 is 27.3 Å². The topological polar surface area (TPSA) is 76.0 Å². The van der Waals surface area contributed by atoms with Crippen LogP contribution in [0.15, 0.2) is 52.6 Å². The van der Waals surface area contributed by atoms with Crippen molar-refractivity contribution in [3.63, 3.8) is 0 Å². The molecule has 3 aromatic rings. The van der Waals surface area contributed by atoms with Crippen molar-refractivity contribution in [2.75, 3.05) is 6.54 Å². The summed E-state index contributed by atoms with van der Waals surface area (Å²) in [6, 6.07) is 8.73. The van der Waals surface area contributed by atoms with Gasteiger partial charge in [0.25, 0.3) is 5.91 Å². The third-order valence-electron chi connectivity index (χ3n) is 3.83. The predicted octanol–water partition coefficient (Wildman–Crippen LogP) is 3.02. The molecule has 2 aromatic heterocycles. The minimum atomic E-state index is -0.564. The fraction of sp³-hybridized carbons (Fsp3) is 0.167. The molecule has 0 bridgehead atoms. The number of nitrogens with one attached hydrogen (secondary N) is 2. The minimum absolute atomic E-state index is 0.184. The van der Waals surface area contributed by atoms with Gasteiger partial charge in [0.15, 0.2) is 0 Å². The van der Waals surface area contributed by atoms with Gasteiger partial charge in [-0.2, -0.15) is 0 Å². The Bertz CT molecular complexity index is 954. The SMILES string of the molecule is Cn1ccnc1C(NC(=O)CNC(=O)c1ccc(Br)s1)c1ccc(F)cc1. The number of hydrogen-bond donors (Lipinski definition) is 2. The Morgan fingerprint density at radius 3 is 2.59 bits per heavy atom. The number of aromatic nitrogens is 2. The summed E-state index contributed by atoms with van der Waals surface area (Å²) < 4.78 is 15.9. The summed E-state index contributed by atoms with van der Waals surface area (Å²) in [6.45, 7) is -0.184. The molecule has 1 atom stereocenters. The molecule has 9 heteroatoms. The van der Waals surface area contributed by atoms with E-state index < -0.39 is 6.04 Å². The molecule has 0 saturated carbocycles. The molecule has 1 aromatic carbocycles. The fourth-order valence-electron chi connectivity index (χ4n) is 2.50. The smallest absolute Gasteiger partial charge is 0.261 e. The van der Waals surface area contributed by atoms with Crippen molar-refractivity contribution in [3.05, 3.63) is 74.7 Å². The summed E-state index contributed by atoms with van der Waals surface area (Å²) in [5.74, 6) is -0.464. The van der Waals surface area contributed by atoms with Crippen molar-refractivity contribution in [1.82, 2.24) is 20.2 Å². The van der Waals surface area contributed by atoms with Gasteiger partial charge in [-0.15, -0.1) is 11.3 Å². The number of imidazole rings is 1. The van der Waals surface area contributed by atoms with Crippen LogP contribution in [-0.4, -0.2) is 27.9 Å². The van der Waals surface area contributed by atoms with E-state index in [1.807, 2.05) is 0 Å². The predicted molar refractivity (Wildman–Crippen MR) is 104 cm³/mol. The molecule has 0 fully saturated rings. The molecule has 0 aliphatic heterocycles. The molecule has 6 nitrogen and oxygen atoms in total. The van der Waals surface area contributed by atoms with Crippen LogP contribution in [0.1, 0.15) is 27.1 Å². The average Bonchev–Trinajstić information content (AvgIpc) is 3.27. The Labute approximate surface area is 167 Å². The van der Waals surface area contributed by atoms with Crippen molar-refractivity contribution in [2.24, 2.45) is 7.05 Å². The van der Waals surface area contributed by atoms with E-state index in [0.29, 0.717) is 16.3 Å². The average molecular weight is 451 g/mol. The molecule has 2 N–H and O–H groups in total. The number of nitrogens with zero attached hydrogens (tertiary/aromatic N) is 2. The van der Waals surface area contributed by atoms with Crippen LogP contribution in [0.2, 0.25) is 0 Å². The third-order valence-corrected chi connectivity index (χ3v) is 5.45. The maximum atomic E-state index is 13.2. The minimum Gasteiger partial charge on any atom is -0.342 e. The van der Waals surface area contributed by atoms with E-state index in [1.165, 1.54) is 23.5 Å². The van der Waals surface area contributed by atoms with Crippen LogP contribution in [0.25, 0.3) is 0 Å². The first-order valence-corrected chi connectivity index (χ1v) is 9.60. The molecule has 27 heavy (non-hydrogen) atoms. The second kappa shape index (κ2) is 8.45. The summed E-state index contributed by atoms with van der Waals surface area (Å²) in [4.78, 5) is 29.3. The molecular weight excluding hydrogens is 435 g/mol. The summed E-state index contributed by atoms with van der Waals surface area (Å²) in [6.07, 6.45) is 3.38. The summed E-state index contributed by atoms with van der Waals surface area (Å²) in [5, 5.41) is 5.43. The Morgan fingerprint density at radius 2 is 2.00 bits per heavy atom. The normalized spacial score (nSPS) is 11.8. The zero-order valence-corrected chi connectivity index (χ0v) is 16.7. The van der Waals surface area contributed by atoms with Gasteiger partial charge in [0.1, 0.15) is 17.7 Å². The zero-order chi connectivity index (χ0) is 19.4. The van der Waals surface area contributed by atoms with Crippen LogP contribution in [0.5, 0.6) is 0 Å². The quantitative estimate of drug-likeness (QED) is 0.605. The number of rotatable bonds is 6. The number of aryl methyl sites for hydroxylation is 1. The number of benzene rings is 1. The highest BCUT2D eigenvalue weighted by Crippen LogP contribution is 2.22.